The van der Waals surface area contributed by atoms with Crippen LogP contribution in [0.4, 0.5) is 0 Å². The first-order chi connectivity index (χ1) is 4.43. The Morgan fingerprint density at radius 1 is 1.78 bits per heavy atom. The minimum atomic E-state index is 0.495. The number of rotatable bonds is 5. The molecule has 0 spiro atoms. The lowest BCUT2D eigenvalue weighted by Gasteiger charge is -1.95. The Morgan fingerprint density at radius 3 is 3.11 bits per heavy atom. The maximum atomic E-state index is 5.14. The minimum absolute atomic E-state index is 0.495. The SMILES string of the molecule is C=CCOCCC1CO1. The molecule has 0 amide bonds. The van der Waals surface area contributed by atoms with Crippen LogP contribution in [-0.4, -0.2) is 25.9 Å². The van der Waals surface area contributed by atoms with Crippen LogP contribution in [0.1, 0.15) is 6.42 Å². The Labute approximate surface area is 55.5 Å². The molecule has 1 aliphatic rings. The van der Waals surface area contributed by atoms with Crippen molar-refractivity contribution in [1.29, 1.82) is 0 Å². The Kier molecular flexibility index (Phi) is 2.74. The summed E-state index contributed by atoms with van der Waals surface area (Å²) in [5.41, 5.74) is 0. The maximum Gasteiger partial charge on any atom is 0.0831 e. The van der Waals surface area contributed by atoms with Crippen LogP contribution in [0.2, 0.25) is 0 Å². The normalized spacial score (nSPS) is 23.8. The maximum absolute atomic E-state index is 5.14. The van der Waals surface area contributed by atoms with Gasteiger partial charge in [0, 0.05) is 6.61 Å². The van der Waals surface area contributed by atoms with E-state index in [4.69, 9.17) is 9.47 Å². The first-order valence-electron chi connectivity index (χ1n) is 3.23. The lowest BCUT2D eigenvalue weighted by molar-refractivity contribution is 0.152. The fourth-order valence-electron chi connectivity index (χ4n) is 0.616. The second-order valence-corrected chi connectivity index (χ2v) is 2.11. The summed E-state index contributed by atoms with van der Waals surface area (Å²) in [5, 5.41) is 0. The summed E-state index contributed by atoms with van der Waals surface area (Å²) in [4.78, 5) is 0. The first kappa shape index (κ1) is 6.78. The van der Waals surface area contributed by atoms with Crippen molar-refractivity contribution in [3.8, 4) is 0 Å². The molecule has 1 rings (SSSR count). The van der Waals surface area contributed by atoms with Crippen LogP contribution in [-0.2, 0) is 9.47 Å². The molecular weight excluding hydrogens is 116 g/mol. The van der Waals surface area contributed by atoms with Gasteiger partial charge in [-0.05, 0) is 6.42 Å². The quantitative estimate of drug-likeness (QED) is 0.313. The van der Waals surface area contributed by atoms with Crippen molar-refractivity contribution in [3.63, 3.8) is 0 Å². The molecule has 0 radical (unpaired) electrons. The Hall–Kier alpha value is -0.340. The van der Waals surface area contributed by atoms with Crippen molar-refractivity contribution in [2.45, 2.75) is 12.5 Å². The second kappa shape index (κ2) is 3.64. The monoisotopic (exact) mass is 128 g/mol. The van der Waals surface area contributed by atoms with E-state index >= 15 is 0 Å². The minimum Gasteiger partial charge on any atom is -0.377 e. The molecule has 2 nitrogen and oxygen atoms in total. The molecule has 9 heavy (non-hydrogen) atoms. The van der Waals surface area contributed by atoms with Gasteiger partial charge in [0.15, 0.2) is 0 Å². The van der Waals surface area contributed by atoms with Crippen molar-refractivity contribution in [1.82, 2.24) is 0 Å². The Balaban J connectivity index is 1.75. The summed E-state index contributed by atoms with van der Waals surface area (Å²) in [6, 6.07) is 0. The van der Waals surface area contributed by atoms with Crippen LogP contribution >= 0.6 is 0 Å². The van der Waals surface area contributed by atoms with Crippen LogP contribution < -0.4 is 0 Å². The highest BCUT2D eigenvalue weighted by atomic mass is 16.6. The van der Waals surface area contributed by atoms with Gasteiger partial charge in [0.1, 0.15) is 0 Å². The van der Waals surface area contributed by atoms with Gasteiger partial charge in [-0.1, -0.05) is 6.08 Å². The first-order valence-corrected chi connectivity index (χ1v) is 3.23. The van der Waals surface area contributed by atoms with E-state index in [1.165, 1.54) is 0 Å². The highest BCUT2D eigenvalue weighted by Gasteiger charge is 2.21. The van der Waals surface area contributed by atoms with E-state index in [1.54, 1.807) is 6.08 Å². The lowest BCUT2D eigenvalue weighted by atomic mass is 10.3. The Morgan fingerprint density at radius 2 is 2.56 bits per heavy atom. The molecular formula is C7H12O2. The number of epoxide rings is 1. The zero-order valence-electron chi connectivity index (χ0n) is 5.51. The van der Waals surface area contributed by atoms with E-state index in [9.17, 15) is 0 Å². The Bertz CT molecular complexity index is 86.9. The van der Waals surface area contributed by atoms with Gasteiger partial charge in [-0.15, -0.1) is 6.58 Å². The third-order valence-corrected chi connectivity index (χ3v) is 1.22. The van der Waals surface area contributed by atoms with Gasteiger partial charge in [-0.25, -0.2) is 0 Å². The van der Waals surface area contributed by atoms with Crippen LogP contribution in [0, 0.1) is 0 Å². The van der Waals surface area contributed by atoms with Crippen LogP contribution in [0.25, 0.3) is 0 Å². The van der Waals surface area contributed by atoms with Crippen molar-refractivity contribution in [2.24, 2.45) is 0 Å². The molecule has 1 atom stereocenters. The predicted molar refractivity (Wildman–Crippen MR) is 35.4 cm³/mol. The molecule has 0 saturated carbocycles. The standard InChI is InChI=1S/C7H12O2/c1-2-4-8-5-3-7-6-9-7/h2,7H,1,3-6H2. The van der Waals surface area contributed by atoms with Gasteiger partial charge >= 0.3 is 0 Å². The third kappa shape index (κ3) is 3.27. The highest BCUT2D eigenvalue weighted by Crippen LogP contribution is 2.12. The molecule has 52 valence electrons. The predicted octanol–water partition coefficient (Wildman–Crippen LogP) is 0.978. The van der Waals surface area contributed by atoms with Crippen molar-refractivity contribution in [3.05, 3.63) is 12.7 Å². The fourth-order valence-corrected chi connectivity index (χ4v) is 0.616. The molecule has 0 aliphatic carbocycles. The number of hydrogen-bond donors (Lipinski definition) is 0. The molecule has 1 heterocycles. The molecule has 0 aromatic carbocycles. The lowest BCUT2D eigenvalue weighted by Crippen LogP contribution is -1.97. The van der Waals surface area contributed by atoms with Crippen LogP contribution in [0.5, 0.6) is 0 Å². The summed E-state index contributed by atoms with van der Waals surface area (Å²) < 4.78 is 10.1. The summed E-state index contributed by atoms with van der Waals surface area (Å²) >= 11 is 0. The second-order valence-electron chi connectivity index (χ2n) is 2.11. The van der Waals surface area contributed by atoms with Gasteiger partial charge < -0.3 is 9.47 Å². The molecule has 0 aromatic heterocycles. The van der Waals surface area contributed by atoms with E-state index in [1.807, 2.05) is 0 Å². The van der Waals surface area contributed by atoms with Gasteiger partial charge in [0.25, 0.3) is 0 Å². The molecule has 0 N–H and O–H groups in total. The summed E-state index contributed by atoms with van der Waals surface area (Å²) in [7, 11) is 0. The van der Waals surface area contributed by atoms with Crippen molar-refractivity contribution in [2.75, 3.05) is 19.8 Å². The van der Waals surface area contributed by atoms with E-state index in [2.05, 4.69) is 6.58 Å². The van der Waals surface area contributed by atoms with E-state index in [-0.39, 0.29) is 0 Å². The van der Waals surface area contributed by atoms with Gasteiger partial charge in [-0.2, -0.15) is 0 Å². The number of ether oxygens (including phenoxy) is 2. The van der Waals surface area contributed by atoms with E-state index in [0.717, 1.165) is 19.6 Å². The van der Waals surface area contributed by atoms with E-state index < -0.39 is 0 Å². The fraction of sp³-hybridized carbons (Fsp3) is 0.714. The van der Waals surface area contributed by atoms with Gasteiger partial charge in [0.05, 0.1) is 19.3 Å². The number of hydrogen-bond acceptors (Lipinski definition) is 2. The van der Waals surface area contributed by atoms with Gasteiger partial charge in [-0.3, -0.25) is 0 Å². The molecule has 0 bridgehead atoms. The average Bonchev–Trinajstić information content (AvgIpc) is 2.63. The molecule has 2 heteroatoms. The summed E-state index contributed by atoms with van der Waals surface area (Å²) in [6.07, 6.45) is 3.29. The molecule has 1 unspecified atom stereocenters. The summed E-state index contributed by atoms with van der Waals surface area (Å²) in [5.74, 6) is 0. The van der Waals surface area contributed by atoms with Gasteiger partial charge in [0.2, 0.25) is 0 Å². The summed E-state index contributed by atoms with van der Waals surface area (Å²) in [6.45, 7) is 5.93. The zero-order valence-corrected chi connectivity index (χ0v) is 5.51. The van der Waals surface area contributed by atoms with Crippen molar-refractivity contribution >= 4 is 0 Å². The highest BCUT2D eigenvalue weighted by molar-refractivity contribution is 4.69. The largest absolute Gasteiger partial charge is 0.377 e. The third-order valence-electron chi connectivity index (χ3n) is 1.22. The molecule has 1 aliphatic heterocycles. The molecule has 0 aromatic rings. The van der Waals surface area contributed by atoms with E-state index in [0.29, 0.717) is 12.7 Å². The van der Waals surface area contributed by atoms with Crippen LogP contribution in [0.3, 0.4) is 0 Å². The topological polar surface area (TPSA) is 21.8 Å². The smallest absolute Gasteiger partial charge is 0.0831 e. The van der Waals surface area contributed by atoms with Crippen LogP contribution in [0.15, 0.2) is 12.7 Å². The zero-order chi connectivity index (χ0) is 6.53. The van der Waals surface area contributed by atoms with Crippen molar-refractivity contribution < 1.29 is 9.47 Å². The molecule has 1 fully saturated rings. The molecule has 1 saturated heterocycles. The average molecular weight is 128 g/mol.